The lowest BCUT2D eigenvalue weighted by molar-refractivity contribution is 0.108. The van der Waals surface area contributed by atoms with Gasteiger partial charge in [0.05, 0.1) is 29.0 Å². The normalized spacial score (nSPS) is 23.7. The number of nitrogens with one attached hydrogen (secondary N) is 1. The number of aromatic nitrogens is 5. The number of ether oxygens (including phenoxy) is 1. The third-order valence-corrected chi connectivity index (χ3v) is 12.0. The molecular weight excluding hydrogens is 665 g/mol. The standard InChI is InChI=1S/C30H35FIN8OP/c1-17-11-23-21(13-34-40(23)42-32)24(18(17)2)27-25(31)26-22(12-33-27)28(38-14-19-5-6-20(15-38)35-19)37-29(36-26)41-16-30-7-3-9-39(30)10-4-8-30/h11-13,19-20,35,42H,3-10,14-16H2,1-2H3. The molecule has 0 saturated carbocycles. The first kappa shape index (κ1) is 27.3. The van der Waals surface area contributed by atoms with E-state index in [2.05, 4.69) is 55.2 Å². The van der Waals surface area contributed by atoms with Gasteiger partial charge in [-0.25, -0.2) is 8.84 Å². The number of rotatable bonds is 6. The molecule has 7 heterocycles. The van der Waals surface area contributed by atoms with E-state index < -0.39 is 5.82 Å². The van der Waals surface area contributed by atoms with Gasteiger partial charge in [-0.2, -0.15) is 15.1 Å². The molecular formula is C30H35FIN8OP. The lowest BCUT2D eigenvalue weighted by atomic mass is 9.95. The fourth-order valence-corrected chi connectivity index (χ4v) is 9.44. The summed E-state index contributed by atoms with van der Waals surface area (Å²) in [5, 5.41) is 9.82. The predicted octanol–water partition coefficient (Wildman–Crippen LogP) is 5.54. The summed E-state index contributed by atoms with van der Waals surface area (Å²) in [6.45, 7) is 8.54. The van der Waals surface area contributed by atoms with E-state index in [4.69, 9.17) is 19.7 Å². The molecule has 3 unspecified atom stereocenters. The highest BCUT2D eigenvalue weighted by Crippen LogP contribution is 2.41. The Kier molecular flexibility index (Phi) is 6.81. The van der Waals surface area contributed by atoms with E-state index in [0.717, 1.165) is 85.3 Å². The number of nitrogens with zero attached hydrogens (tertiary/aromatic N) is 7. The average Bonchev–Trinajstić information content (AvgIpc) is 3.76. The van der Waals surface area contributed by atoms with Crippen LogP contribution in [0.5, 0.6) is 6.01 Å². The van der Waals surface area contributed by atoms with Crippen molar-refractivity contribution in [2.24, 2.45) is 0 Å². The third-order valence-electron chi connectivity index (χ3n) is 10.2. The summed E-state index contributed by atoms with van der Waals surface area (Å²) < 4.78 is 25.2. The molecule has 0 aliphatic carbocycles. The van der Waals surface area contributed by atoms with E-state index in [1.165, 1.54) is 12.8 Å². The smallest absolute Gasteiger partial charge is 0.319 e. The molecule has 0 radical (unpaired) electrons. The average molecular weight is 701 g/mol. The van der Waals surface area contributed by atoms with Crippen molar-refractivity contribution in [3.8, 4) is 17.3 Å². The lowest BCUT2D eigenvalue weighted by Crippen LogP contribution is -2.51. The van der Waals surface area contributed by atoms with Crippen LogP contribution in [0.1, 0.15) is 49.7 Å². The minimum atomic E-state index is -0.430. The number of aryl methyl sites for hydroxylation is 1. The maximum absolute atomic E-state index is 16.9. The summed E-state index contributed by atoms with van der Waals surface area (Å²) in [6, 6.07) is 3.22. The molecule has 8 rings (SSSR count). The molecule has 4 saturated heterocycles. The zero-order chi connectivity index (χ0) is 28.6. The Morgan fingerprint density at radius 1 is 1.10 bits per heavy atom. The van der Waals surface area contributed by atoms with Gasteiger partial charge >= 0.3 is 6.01 Å². The number of piperazine rings is 1. The number of hydrogen-bond acceptors (Lipinski definition) is 8. The van der Waals surface area contributed by atoms with Crippen LogP contribution in [-0.4, -0.2) is 79.8 Å². The fourth-order valence-electron chi connectivity index (χ4n) is 7.91. The number of pyridine rings is 1. The van der Waals surface area contributed by atoms with Crippen LogP contribution >= 0.6 is 28.4 Å². The maximum Gasteiger partial charge on any atom is 0.319 e. The molecule has 4 fully saturated rings. The van der Waals surface area contributed by atoms with Crippen molar-refractivity contribution in [1.29, 1.82) is 0 Å². The Hall–Kier alpha value is -2.21. The largest absolute Gasteiger partial charge is 0.461 e. The van der Waals surface area contributed by atoms with Gasteiger partial charge in [-0.1, -0.05) is 0 Å². The molecule has 3 aromatic heterocycles. The van der Waals surface area contributed by atoms with Gasteiger partial charge in [0, 0.05) is 42.3 Å². The molecule has 4 aliphatic heterocycles. The van der Waals surface area contributed by atoms with Gasteiger partial charge in [-0.05, 0) is 105 Å². The molecule has 9 nitrogen and oxygen atoms in total. The molecule has 4 aliphatic rings. The minimum absolute atomic E-state index is 0.0539. The molecule has 0 spiro atoms. The minimum Gasteiger partial charge on any atom is -0.461 e. The summed E-state index contributed by atoms with van der Waals surface area (Å²) in [4.78, 5) is 19.3. The molecule has 220 valence electrons. The van der Waals surface area contributed by atoms with Crippen molar-refractivity contribution in [3.05, 3.63) is 35.4 Å². The second-order valence-corrected chi connectivity index (χ2v) is 14.6. The van der Waals surface area contributed by atoms with Crippen molar-refractivity contribution >= 4 is 56.0 Å². The third kappa shape index (κ3) is 4.32. The second-order valence-electron chi connectivity index (χ2n) is 12.5. The summed E-state index contributed by atoms with van der Waals surface area (Å²) >= 11 is 2.32. The van der Waals surface area contributed by atoms with Crippen molar-refractivity contribution < 1.29 is 9.13 Å². The maximum atomic E-state index is 16.9. The van der Waals surface area contributed by atoms with Crippen LogP contribution in [0.15, 0.2) is 18.5 Å². The number of anilines is 1. The number of halogens is 2. The highest BCUT2D eigenvalue weighted by atomic mass is 127. The molecule has 0 amide bonds. The molecule has 2 bridgehead atoms. The number of benzene rings is 1. The zero-order valence-electron chi connectivity index (χ0n) is 24.0. The quantitative estimate of drug-likeness (QED) is 0.208. The highest BCUT2D eigenvalue weighted by molar-refractivity contribution is 14.2. The Balaban J connectivity index is 1.27. The van der Waals surface area contributed by atoms with E-state index in [1.54, 1.807) is 6.20 Å². The van der Waals surface area contributed by atoms with E-state index in [1.807, 2.05) is 17.6 Å². The first-order valence-corrected chi connectivity index (χ1v) is 19.1. The van der Waals surface area contributed by atoms with Crippen molar-refractivity contribution in [3.63, 3.8) is 0 Å². The van der Waals surface area contributed by atoms with E-state index in [9.17, 15) is 0 Å². The van der Waals surface area contributed by atoms with Crippen LogP contribution in [-0.2, 0) is 0 Å². The molecule has 1 aromatic carbocycles. The Morgan fingerprint density at radius 3 is 2.60 bits per heavy atom. The highest BCUT2D eigenvalue weighted by Gasteiger charge is 2.45. The van der Waals surface area contributed by atoms with E-state index in [-0.39, 0.29) is 17.1 Å². The van der Waals surface area contributed by atoms with E-state index in [0.29, 0.717) is 36.1 Å². The molecule has 4 aromatic rings. The van der Waals surface area contributed by atoms with Crippen molar-refractivity contribution in [1.82, 2.24) is 34.7 Å². The van der Waals surface area contributed by atoms with Crippen LogP contribution in [0.4, 0.5) is 10.2 Å². The molecule has 42 heavy (non-hydrogen) atoms. The van der Waals surface area contributed by atoms with Gasteiger partial charge in [0.1, 0.15) is 23.6 Å². The lowest BCUT2D eigenvalue weighted by Gasteiger charge is -2.34. The van der Waals surface area contributed by atoms with Crippen LogP contribution in [0.25, 0.3) is 33.1 Å². The van der Waals surface area contributed by atoms with Gasteiger partial charge in [-0.3, -0.25) is 9.88 Å². The topological polar surface area (TPSA) is 84.2 Å². The first-order chi connectivity index (χ1) is 20.4. The molecule has 1 N–H and O–H groups in total. The summed E-state index contributed by atoms with van der Waals surface area (Å²) in [6.07, 6.45) is 11.0. The summed E-state index contributed by atoms with van der Waals surface area (Å²) in [7, 11) is 0. The summed E-state index contributed by atoms with van der Waals surface area (Å²) in [5.41, 5.74) is 4.47. The van der Waals surface area contributed by atoms with E-state index >= 15 is 4.39 Å². The predicted molar refractivity (Wildman–Crippen MR) is 174 cm³/mol. The Bertz CT molecular complexity index is 1690. The monoisotopic (exact) mass is 700 g/mol. The van der Waals surface area contributed by atoms with Gasteiger partial charge in [-0.15, -0.1) is 0 Å². The Labute approximate surface area is 259 Å². The fraction of sp³-hybridized carbons (Fsp3) is 0.533. The summed E-state index contributed by atoms with van der Waals surface area (Å²) in [5.74, 6) is 0.295. The van der Waals surface area contributed by atoms with Gasteiger partial charge < -0.3 is 15.0 Å². The van der Waals surface area contributed by atoms with Crippen LogP contribution < -0.4 is 15.0 Å². The van der Waals surface area contributed by atoms with Crippen LogP contribution in [0.2, 0.25) is 0 Å². The van der Waals surface area contributed by atoms with Gasteiger partial charge in [0.25, 0.3) is 0 Å². The second kappa shape index (κ2) is 10.5. The zero-order valence-corrected chi connectivity index (χ0v) is 27.1. The van der Waals surface area contributed by atoms with Gasteiger partial charge in [0.2, 0.25) is 0 Å². The number of hydrogen-bond donors (Lipinski definition) is 1. The van der Waals surface area contributed by atoms with Crippen LogP contribution in [0.3, 0.4) is 0 Å². The number of fused-ring (bicyclic) bond motifs is 5. The Morgan fingerprint density at radius 2 is 1.86 bits per heavy atom. The van der Waals surface area contributed by atoms with Crippen LogP contribution in [0, 0.1) is 19.7 Å². The van der Waals surface area contributed by atoms with Crippen molar-refractivity contribution in [2.45, 2.75) is 70.0 Å². The SMILES string of the molecule is Cc1cc2c(cnn2PI)c(-c2ncc3c(N4CC5CCC(C4)N5)nc(OCC45CCCN4CCC5)nc3c2F)c1C. The van der Waals surface area contributed by atoms with Crippen molar-refractivity contribution in [2.75, 3.05) is 37.7 Å². The molecule has 12 heteroatoms. The first-order valence-electron chi connectivity index (χ1n) is 15.0. The van der Waals surface area contributed by atoms with Gasteiger partial charge in [0.15, 0.2) is 5.82 Å². The molecule has 3 atom stereocenters.